The number of hydrogen-bond donors (Lipinski definition) is 1. The van der Waals surface area contributed by atoms with Crippen LogP contribution in [0.3, 0.4) is 0 Å². The van der Waals surface area contributed by atoms with E-state index >= 15 is 0 Å². The number of amides is 1. The number of aromatic nitrogens is 3. The van der Waals surface area contributed by atoms with Gasteiger partial charge in [0.2, 0.25) is 15.8 Å². The maximum absolute atomic E-state index is 12.7. The highest BCUT2D eigenvalue weighted by Crippen LogP contribution is 2.19. The van der Waals surface area contributed by atoms with Gasteiger partial charge in [0.15, 0.2) is 6.39 Å². The van der Waals surface area contributed by atoms with E-state index in [1.165, 1.54) is 6.39 Å². The van der Waals surface area contributed by atoms with Gasteiger partial charge in [-0.2, -0.15) is 5.10 Å². The Bertz CT molecular complexity index is 841. The van der Waals surface area contributed by atoms with Crippen LogP contribution in [-0.4, -0.2) is 53.3 Å². The van der Waals surface area contributed by atoms with E-state index in [2.05, 4.69) is 14.8 Å². The van der Waals surface area contributed by atoms with Crippen LogP contribution in [0.1, 0.15) is 21.9 Å². The second-order valence-electron chi connectivity index (χ2n) is 5.94. The molecular weight excluding hydrogens is 334 g/mol. The van der Waals surface area contributed by atoms with E-state index in [0.717, 1.165) is 11.9 Å². The molecule has 130 valence electrons. The van der Waals surface area contributed by atoms with E-state index in [0.29, 0.717) is 25.3 Å². The van der Waals surface area contributed by atoms with Crippen molar-refractivity contribution in [1.82, 2.24) is 24.4 Å². The van der Waals surface area contributed by atoms with Gasteiger partial charge < -0.3 is 9.32 Å². The van der Waals surface area contributed by atoms with Crippen LogP contribution in [0.5, 0.6) is 0 Å². The van der Waals surface area contributed by atoms with Gasteiger partial charge >= 0.3 is 0 Å². The zero-order valence-corrected chi connectivity index (χ0v) is 14.3. The van der Waals surface area contributed by atoms with Crippen molar-refractivity contribution in [3.63, 3.8) is 0 Å². The number of sulfonamides is 1. The lowest BCUT2D eigenvalue weighted by atomic mass is 10.1. The number of aryl methyl sites for hydroxylation is 1. The van der Waals surface area contributed by atoms with Crippen molar-refractivity contribution >= 4 is 15.9 Å². The van der Waals surface area contributed by atoms with Gasteiger partial charge in [-0.3, -0.25) is 9.48 Å². The molecule has 0 saturated heterocycles. The summed E-state index contributed by atoms with van der Waals surface area (Å²) >= 11 is 0. The predicted molar refractivity (Wildman–Crippen MR) is 84.5 cm³/mol. The normalized spacial score (nSPS) is 18.2. The Labute approximate surface area is 139 Å². The topological polar surface area (TPSA) is 110 Å². The molecule has 2 aromatic heterocycles. The summed E-state index contributed by atoms with van der Waals surface area (Å²) in [6, 6.07) is 1.85. The third-order valence-corrected chi connectivity index (χ3v) is 4.62. The minimum atomic E-state index is -3.30. The minimum absolute atomic E-state index is 0.104. The molecule has 10 heteroatoms. The van der Waals surface area contributed by atoms with E-state index in [9.17, 15) is 13.2 Å². The molecule has 1 N–H and O–H groups in total. The average molecular weight is 353 g/mol. The molecule has 1 aliphatic heterocycles. The third-order valence-electron chi connectivity index (χ3n) is 3.93. The van der Waals surface area contributed by atoms with Gasteiger partial charge in [0.1, 0.15) is 0 Å². The van der Waals surface area contributed by atoms with Crippen molar-refractivity contribution in [1.29, 1.82) is 0 Å². The summed E-state index contributed by atoms with van der Waals surface area (Å²) < 4.78 is 32.2. The second-order valence-corrected chi connectivity index (χ2v) is 7.78. The molecule has 3 rings (SSSR count). The first-order chi connectivity index (χ1) is 11.3. The molecule has 0 aliphatic carbocycles. The van der Waals surface area contributed by atoms with Gasteiger partial charge in [-0.15, -0.1) is 0 Å². The number of carbonyl (C=O) groups is 1. The van der Waals surface area contributed by atoms with Crippen molar-refractivity contribution in [2.45, 2.75) is 20.0 Å². The zero-order valence-electron chi connectivity index (χ0n) is 13.5. The van der Waals surface area contributed by atoms with Crippen LogP contribution in [0, 0.1) is 12.8 Å². The van der Waals surface area contributed by atoms with Crippen LogP contribution in [0.4, 0.5) is 0 Å². The van der Waals surface area contributed by atoms with Gasteiger partial charge in [-0.05, 0) is 13.0 Å². The Morgan fingerprint density at radius 1 is 1.46 bits per heavy atom. The molecule has 24 heavy (non-hydrogen) atoms. The van der Waals surface area contributed by atoms with Crippen molar-refractivity contribution in [3.8, 4) is 0 Å². The number of nitrogens with zero attached hydrogens (tertiary/aromatic N) is 4. The number of hydrogen-bond acceptors (Lipinski definition) is 6. The fourth-order valence-electron chi connectivity index (χ4n) is 2.74. The maximum atomic E-state index is 12.7. The first kappa shape index (κ1) is 16.7. The van der Waals surface area contributed by atoms with Crippen molar-refractivity contribution < 1.29 is 17.6 Å². The summed E-state index contributed by atoms with van der Waals surface area (Å²) in [6.45, 7) is 3.25. The summed E-state index contributed by atoms with van der Waals surface area (Å²) in [5.41, 5.74) is 1.42. The summed E-state index contributed by atoms with van der Waals surface area (Å²) in [5, 5.41) is 4.25. The standard InChI is InChI=1S/C14H19N5O4S/c1-10-13(23-9-15-10)14(20)18-6-11(5-17-24(2,21)22)7-19-12(8-18)3-4-16-19/h3-4,9,11,17H,5-8H2,1-2H3/t11-/m0/s1. The van der Waals surface area contributed by atoms with Gasteiger partial charge in [-0.1, -0.05) is 0 Å². The molecule has 0 fully saturated rings. The van der Waals surface area contributed by atoms with Crippen LogP contribution in [0.2, 0.25) is 0 Å². The molecule has 1 aliphatic rings. The number of nitrogens with one attached hydrogen (secondary N) is 1. The van der Waals surface area contributed by atoms with E-state index in [1.807, 2.05) is 6.07 Å². The van der Waals surface area contributed by atoms with E-state index in [-0.39, 0.29) is 24.1 Å². The van der Waals surface area contributed by atoms with Crippen LogP contribution in [-0.2, 0) is 23.1 Å². The molecular formula is C14H19N5O4S. The van der Waals surface area contributed by atoms with Crippen molar-refractivity contribution in [2.75, 3.05) is 19.3 Å². The predicted octanol–water partition coefficient (Wildman–Crippen LogP) is 0.000920. The zero-order chi connectivity index (χ0) is 17.3. The van der Waals surface area contributed by atoms with E-state index < -0.39 is 10.0 Å². The number of fused-ring (bicyclic) bond motifs is 1. The Hall–Kier alpha value is -2.20. The summed E-state index contributed by atoms with van der Waals surface area (Å²) in [6.07, 6.45) is 4.03. The van der Waals surface area contributed by atoms with Crippen LogP contribution in [0.25, 0.3) is 0 Å². The lowest BCUT2D eigenvalue weighted by Gasteiger charge is -2.23. The first-order valence-electron chi connectivity index (χ1n) is 7.48. The number of rotatable bonds is 4. The molecule has 3 heterocycles. The SMILES string of the molecule is Cc1ncoc1C(=O)N1Cc2ccnn2C[C@@H](CNS(C)(=O)=O)C1. The minimum Gasteiger partial charge on any atom is -0.438 e. The molecule has 0 unspecified atom stereocenters. The molecule has 2 aromatic rings. The number of carbonyl (C=O) groups excluding carboxylic acids is 1. The Balaban J connectivity index is 1.84. The number of oxazole rings is 1. The molecule has 9 nitrogen and oxygen atoms in total. The molecule has 0 saturated carbocycles. The largest absolute Gasteiger partial charge is 0.438 e. The lowest BCUT2D eigenvalue weighted by molar-refractivity contribution is 0.0689. The Morgan fingerprint density at radius 3 is 2.92 bits per heavy atom. The second kappa shape index (κ2) is 6.36. The van der Waals surface area contributed by atoms with E-state index in [4.69, 9.17) is 4.42 Å². The fraction of sp³-hybridized carbons (Fsp3) is 0.500. The summed E-state index contributed by atoms with van der Waals surface area (Å²) in [4.78, 5) is 18.3. The first-order valence-corrected chi connectivity index (χ1v) is 9.37. The van der Waals surface area contributed by atoms with Gasteiger partial charge in [-0.25, -0.2) is 18.1 Å². The summed E-state index contributed by atoms with van der Waals surface area (Å²) in [7, 11) is -3.30. The maximum Gasteiger partial charge on any atom is 0.291 e. The van der Waals surface area contributed by atoms with Crippen LogP contribution < -0.4 is 4.72 Å². The van der Waals surface area contributed by atoms with Crippen LogP contribution in [0.15, 0.2) is 23.1 Å². The van der Waals surface area contributed by atoms with Crippen molar-refractivity contribution in [2.24, 2.45) is 5.92 Å². The summed E-state index contributed by atoms with van der Waals surface area (Å²) in [5.74, 6) is -0.158. The highest BCUT2D eigenvalue weighted by Gasteiger charge is 2.29. The smallest absolute Gasteiger partial charge is 0.291 e. The Kier molecular flexibility index (Phi) is 4.41. The quantitative estimate of drug-likeness (QED) is 0.828. The highest BCUT2D eigenvalue weighted by molar-refractivity contribution is 7.88. The average Bonchev–Trinajstić information content (AvgIpc) is 3.08. The lowest BCUT2D eigenvalue weighted by Crippen LogP contribution is -2.38. The van der Waals surface area contributed by atoms with E-state index in [1.54, 1.807) is 22.7 Å². The molecule has 0 radical (unpaired) electrons. The fourth-order valence-corrected chi connectivity index (χ4v) is 3.28. The molecule has 1 amide bonds. The van der Waals surface area contributed by atoms with Crippen LogP contribution >= 0.6 is 0 Å². The molecule has 1 atom stereocenters. The van der Waals surface area contributed by atoms with Gasteiger partial charge in [0, 0.05) is 31.7 Å². The van der Waals surface area contributed by atoms with Gasteiger partial charge in [0.05, 0.1) is 24.2 Å². The molecule has 0 spiro atoms. The molecule has 0 aromatic carbocycles. The van der Waals surface area contributed by atoms with Gasteiger partial charge in [0.25, 0.3) is 5.91 Å². The Morgan fingerprint density at radius 2 is 2.25 bits per heavy atom. The molecule has 0 bridgehead atoms. The third kappa shape index (κ3) is 3.65. The highest BCUT2D eigenvalue weighted by atomic mass is 32.2. The monoisotopic (exact) mass is 353 g/mol. The van der Waals surface area contributed by atoms with Crippen molar-refractivity contribution in [3.05, 3.63) is 35.8 Å².